The van der Waals surface area contributed by atoms with Crippen LogP contribution < -0.4 is 11.0 Å². The van der Waals surface area contributed by atoms with E-state index in [1.165, 1.54) is 4.57 Å². The van der Waals surface area contributed by atoms with Crippen LogP contribution in [-0.2, 0) is 7.05 Å². The van der Waals surface area contributed by atoms with Crippen LogP contribution in [0.15, 0.2) is 9.95 Å². The Morgan fingerprint density at radius 2 is 2.42 bits per heavy atom. The van der Waals surface area contributed by atoms with Gasteiger partial charge in [0.15, 0.2) is 5.16 Å². The molecule has 1 aromatic heterocycles. The molecule has 12 heavy (non-hydrogen) atoms. The van der Waals surface area contributed by atoms with Crippen molar-refractivity contribution in [2.45, 2.75) is 10.4 Å². The molecule has 0 amide bonds. The third-order valence-electron chi connectivity index (χ3n) is 1.85. The van der Waals surface area contributed by atoms with E-state index in [-0.39, 0.29) is 5.69 Å². The Balaban J connectivity index is 2.11. The average molecular weight is 186 g/mol. The van der Waals surface area contributed by atoms with Crippen molar-refractivity contribution in [3.05, 3.63) is 10.5 Å². The number of thioether (sulfide) groups is 1. The Morgan fingerprint density at radius 1 is 1.67 bits per heavy atom. The van der Waals surface area contributed by atoms with Gasteiger partial charge in [-0.2, -0.15) is 0 Å². The Kier molecular flexibility index (Phi) is 1.93. The molecule has 0 aromatic carbocycles. The number of aromatic amines is 1. The van der Waals surface area contributed by atoms with Crippen molar-refractivity contribution in [3.8, 4) is 0 Å². The van der Waals surface area contributed by atoms with Crippen LogP contribution >= 0.6 is 11.8 Å². The summed E-state index contributed by atoms with van der Waals surface area (Å²) in [4.78, 5) is 10.9. The Hall–Kier alpha value is -0.750. The molecule has 1 saturated heterocycles. The number of rotatable bonds is 2. The van der Waals surface area contributed by atoms with Crippen LogP contribution in [0.3, 0.4) is 0 Å². The molecule has 0 atom stereocenters. The van der Waals surface area contributed by atoms with E-state index in [4.69, 9.17) is 0 Å². The fourth-order valence-electron chi connectivity index (χ4n) is 0.933. The predicted octanol–water partition coefficient (Wildman–Crippen LogP) is -0.828. The Morgan fingerprint density at radius 3 is 2.83 bits per heavy atom. The van der Waals surface area contributed by atoms with Crippen LogP contribution in [0.1, 0.15) is 0 Å². The van der Waals surface area contributed by atoms with E-state index < -0.39 is 0 Å². The smallest absolute Gasteiger partial charge is 0.314 e. The summed E-state index contributed by atoms with van der Waals surface area (Å²) in [6.07, 6.45) is 0. The summed E-state index contributed by atoms with van der Waals surface area (Å²) >= 11 is 1.64. The summed E-state index contributed by atoms with van der Waals surface area (Å²) in [5.41, 5.74) is -0.148. The maximum atomic E-state index is 10.9. The van der Waals surface area contributed by atoms with Crippen molar-refractivity contribution in [1.29, 1.82) is 0 Å². The van der Waals surface area contributed by atoms with Gasteiger partial charge in [0.05, 0.1) is 0 Å². The lowest BCUT2D eigenvalue weighted by Gasteiger charge is -2.25. The lowest BCUT2D eigenvalue weighted by molar-refractivity contribution is 0.541. The molecule has 0 radical (unpaired) electrons. The normalized spacial score (nSPS) is 17.8. The standard InChI is InChI=1S/C6H10N4OS/c1-10-5(11)8-9-6(10)12-4-2-7-3-4/h4,7H,2-3H2,1H3,(H,8,11). The summed E-state index contributed by atoms with van der Waals surface area (Å²) in [5, 5.41) is 10.8. The monoisotopic (exact) mass is 186 g/mol. The summed E-state index contributed by atoms with van der Waals surface area (Å²) < 4.78 is 1.53. The van der Waals surface area contributed by atoms with E-state index in [9.17, 15) is 4.79 Å². The first-order valence-electron chi connectivity index (χ1n) is 3.76. The molecule has 0 spiro atoms. The predicted molar refractivity (Wildman–Crippen MR) is 46.3 cm³/mol. The lowest BCUT2D eigenvalue weighted by Crippen LogP contribution is -2.44. The van der Waals surface area contributed by atoms with Crippen molar-refractivity contribution in [2.24, 2.45) is 7.05 Å². The van der Waals surface area contributed by atoms with Gasteiger partial charge in [-0.15, -0.1) is 5.10 Å². The molecule has 0 bridgehead atoms. The number of H-pyrrole nitrogens is 1. The van der Waals surface area contributed by atoms with Crippen LogP contribution in [0.5, 0.6) is 0 Å². The van der Waals surface area contributed by atoms with Crippen LogP contribution in [0, 0.1) is 0 Å². The van der Waals surface area contributed by atoms with Gasteiger partial charge >= 0.3 is 5.69 Å². The second-order valence-electron chi connectivity index (χ2n) is 2.77. The summed E-state index contributed by atoms with van der Waals surface area (Å²) in [6, 6.07) is 0. The van der Waals surface area contributed by atoms with Gasteiger partial charge in [-0.05, 0) is 0 Å². The zero-order valence-electron chi connectivity index (χ0n) is 6.70. The highest BCUT2D eigenvalue weighted by Crippen LogP contribution is 2.21. The van der Waals surface area contributed by atoms with Gasteiger partial charge < -0.3 is 5.32 Å². The van der Waals surface area contributed by atoms with E-state index >= 15 is 0 Å². The maximum absolute atomic E-state index is 10.9. The highest BCUT2D eigenvalue weighted by atomic mass is 32.2. The fourth-order valence-corrected chi connectivity index (χ4v) is 1.97. The molecule has 0 aliphatic carbocycles. The van der Waals surface area contributed by atoms with Crippen molar-refractivity contribution in [2.75, 3.05) is 13.1 Å². The van der Waals surface area contributed by atoms with Gasteiger partial charge in [-0.25, -0.2) is 9.89 Å². The van der Waals surface area contributed by atoms with E-state index in [1.807, 2.05) is 0 Å². The number of aromatic nitrogens is 3. The first kappa shape index (κ1) is 7.88. The van der Waals surface area contributed by atoms with E-state index in [1.54, 1.807) is 18.8 Å². The summed E-state index contributed by atoms with van der Waals surface area (Å²) in [7, 11) is 1.72. The molecule has 1 aliphatic heterocycles. The Bertz CT molecular complexity index is 327. The van der Waals surface area contributed by atoms with Crippen LogP contribution in [0.4, 0.5) is 0 Å². The maximum Gasteiger partial charge on any atom is 0.343 e. The lowest BCUT2D eigenvalue weighted by atomic mass is 10.3. The number of hydrogen-bond donors (Lipinski definition) is 2. The van der Waals surface area contributed by atoms with Gasteiger partial charge in [-0.3, -0.25) is 4.57 Å². The van der Waals surface area contributed by atoms with Gasteiger partial charge in [-0.1, -0.05) is 11.8 Å². The summed E-state index contributed by atoms with van der Waals surface area (Å²) in [6.45, 7) is 2.01. The van der Waals surface area contributed by atoms with Gasteiger partial charge in [0.25, 0.3) is 0 Å². The third-order valence-corrected chi connectivity index (χ3v) is 3.10. The number of nitrogens with zero attached hydrogens (tertiary/aromatic N) is 2. The molecule has 0 unspecified atom stereocenters. The molecule has 0 saturated carbocycles. The first-order valence-corrected chi connectivity index (χ1v) is 4.64. The van der Waals surface area contributed by atoms with Crippen LogP contribution in [-0.4, -0.2) is 33.1 Å². The SMILES string of the molecule is Cn1c(SC2CNC2)n[nH]c1=O. The minimum Gasteiger partial charge on any atom is -0.314 e. The number of hydrogen-bond acceptors (Lipinski definition) is 4. The van der Waals surface area contributed by atoms with Crippen LogP contribution in [0.2, 0.25) is 0 Å². The molecule has 66 valence electrons. The summed E-state index contributed by atoms with van der Waals surface area (Å²) in [5.74, 6) is 0. The molecule has 1 aromatic rings. The molecule has 2 N–H and O–H groups in total. The largest absolute Gasteiger partial charge is 0.343 e. The molecule has 2 rings (SSSR count). The molecular formula is C6H10N4OS. The third kappa shape index (κ3) is 1.27. The molecule has 1 aliphatic rings. The van der Waals surface area contributed by atoms with E-state index in [2.05, 4.69) is 15.5 Å². The molecule has 5 nitrogen and oxygen atoms in total. The quantitative estimate of drug-likeness (QED) is 0.633. The minimum absolute atomic E-state index is 0.148. The van der Waals surface area contributed by atoms with Crippen molar-refractivity contribution < 1.29 is 0 Å². The Labute approximate surface area is 73.5 Å². The van der Waals surface area contributed by atoms with Crippen molar-refractivity contribution >= 4 is 11.8 Å². The van der Waals surface area contributed by atoms with Crippen molar-refractivity contribution in [1.82, 2.24) is 20.1 Å². The second kappa shape index (κ2) is 2.95. The zero-order chi connectivity index (χ0) is 8.55. The van der Waals surface area contributed by atoms with Gasteiger partial charge in [0.2, 0.25) is 0 Å². The molecule has 1 fully saturated rings. The second-order valence-corrected chi connectivity index (χ2v) is 4.04. The fraction of sp³-hybridized carbons (Fsp3) is 0.667. The first-order chi connectivity index (χ1) is 5.77. The molecular weight excluding hydrogens is 176 g/mol. The molecule has 2 heterocycles. The average Bonchev–Trinajstić information content (AvgIpc) is 2.27. The highest BCUT2D eigenvalue weighted by molar-refractivity contribution is 7.99. The van der Waals surface area contributed by atoms with E-state index in [0.29, 0.717) is 5.25 Å². The van der Waals surface area contributed by atoms with Crippen LogP contribution in [0.25, 0.3) is 0 Å². The minimum atomic E-state index is -0.148. The van der Waals surface area contributed by atoms with Gasteiger partial charge in [0.1, 0.15) is 0 Å². The zero-order valence-corrected chi connectivity index (χ0v) is 7.52. The topological polar surface area (TPSA) is 62.7 Å². The van der Waals surface area contributed by atoms with Gasteiger partial charge in [0, 0.05) is 25.4 Å². The highest BCUT2D eigenvalue weighted by Gasteiger charge is 2.20. The number of nitrogens with one attached hydrogen (secondary N) is 2. The molecule has 6 heteroatoms. The van der Waals surface area contributed by atoms with E-state index in [0.717, 1.165) is 18.2 Å². The van der Waals surface area contributed by atoms with Crippen molar-refractivity contribution in [3.63, 3.8) is 0 Å².